The number of halogens is 1. The maximum atomic E-state index is 12.6. The molecule has 0 saturated carbocycles. The molecule has 0 spiro atoms. The Labute approximate surface area is 157 Å². The molecule has 7 heteroatoms. The highest BCUT2D eigenvalue weighted by atomic mass is 35.5. The van der Waals surface area contributed by atoms with Crippen LogP contribution in [-0.2, 0) is 4.74 Å². The average Bonchev–Trinajstić information content (AvgIpc) is 2.69. The van der Waals surface area contributed by atoms with Crippen molar-refractivity contribution >= 4 is 35.0 Å². The van der Waals surface area contributed by atoms with Crippen molar-refractivity contribution in [1.82, 2.24) is 4.98 Å². The summed E-state index contributed by atoms with van der Waals surface area (Å²) in [5.41, 5.74) is 1.16. The third-order valence-electron chi connectivity index (χ3n) is 4.32. The summed E-state index contributed by atoms with van der Waals surface area (Å²) in [4.78, 5) is 30.8. The number of rotatable bonds is 4. The number of methoxy groups -OCH3 is 1. The molecule has 1 saturated heterocycles. The van der Waals surface area contributed by atoms with Crippen molar-refractivity contribution in [2.45, 2.75) is 19.3 Å². The van der Waals surface area contributed by atoms with Gasteiger partial charge in [0.25, 0.3) is 5.91 Å². The van der Waals surface area contributed by atoms with E-state index in [9.17, 15) is 9.59 Å². The van der Waals surface area contributed by atoms with Gasteiger partial charge in [0.2, 0.25) is 0 Å². The Morgan fingerprint density at radius 2 is 1.88 bits per heavy atom. The van der Waals surface area contributed by atoms with Gasteiger partial charge in [-0.2, -0.15) is 0 Å². The average molecular weight is 374 g/mol. The smallest absolute Gasteiger partial charge is 0.337 e. The predicted molar refractivity (Wildman–Crippen MR) is 101 cm³/mol. The lowest BCUT2D eigenvalue weighted by atomic mass is 10.1. The SMILES string of the molecule is COC(=O)c1ccc(Cl)c(NC(=O)c2ccnc(N3CCCCC3)c2)c1. The van der Waals surface area contributed by atoms with Crippen molar-refractivity contribution in [2.75, 3.05) is 30.4 Å². The van der Waals surface area contributed by atoms with Crippen LogP contribution in [0, 0.1) is 0 Å². The largest absolute Gasteiger partial charge is 0.465 e. The van der Waals surface area contributed by atoms with E-state index in [1.165, 1.54) is 19.6 Å². The number of esters is 1. The summed E-state index contributed by atoms with van der Waals surface area (Å²) in [5, 5.41) is 3.09. The van der Waals surface area contributed by atoms with Crippen LogP contribution in [0.15, 0.2) is 36.5 Å². The molecule has 1 aromatic heterocycles. The van der Waals surface area contributed by atoms with E-state index in [1.807, 2.05) is 0 Å². The minimum atomic E-state index is -0.492. The summed E-state index contributed by atoms with van der Waals surface area (Å²) in [6.45, 7) is 1.90. The Kier molecular flexibility index (Phi) is 5.73. The zero-order chi connectivity index (χ0) is 18.5. The number of carbonyl (C=O) groups excluding carboxylic acids is 2. The second-order valence-electron chi connectivity index (χ2n) is 6.09. The molecule has 3 rings (SSSR count). The van der Waals surface area contributed by atoms with Crippen LogP contribution in [0.5, 0.6) is 0 Å². The fourth-order valence-corrected chi connectivity index (χ4v) is 3.08. The molecule has 1 N–H and O–H groups in total. The molecule has 0 unspecified atom stereocenters. The molecule has 136 valence electrons. The lowest BCUT2D eigenvalue weighted by Crippen LogP contribution is -2.30. The second kappa shape index (κ2) is 8.19. The van der Waals surface area contributed by atoms with E-state index < -0.39 is 5.97 Å². The quantitative estimate of drug-likeness (QED) is 0.826. The third kappa shape index (κ3) is 4.14. The number of nitrogens with zero attached hydrogens (tertiary/aromatic N) is 2. The van der Waals surface area contributed by atoms with Crippen molar-refractivity contribution in [3.63, 3.8) is 0 Å². The van der Waals surface area contributed by atoms with Crippen LogP contribution < -0.4 is 10.2 Å². The number of ether oxygens (including phenoxy) is 1. The number of hydrogen-bond donors (Lipinski definition) is 1. The molecule has 26 heavy (non-hydrogen) atoms. The number of aromatic nitrogens is 1. The maximum Gasteiger partial charge on any atom is 0.337 e. The molecule has 6 nitrogen and oxygen atoms in total. The first kappa shape index (κ1) is 18.2. The first-order chi connectivity index (χ1) is 12.6. The molecule has 0 aliphatic carbocycles. The van der Waals surface area contributed by atoms with Crippen LogP contribution in [0.25, 0.3) is 0 Å². The number of hydrogen-bond acceptors (Lipinski definition) is 5. The molecule has 0 atom stereocenters. The Morgan fingerprint density at radius 1 is 1.12 bits per heavy atom. The predicted octanol–water partition coefficient (Wildman–Crippen LogP) is 3.76. The first-order valence-corrected chi connectivity index (χ1v) is 8.86. The van der Waals surface area contributed by atoms with E-state index in [-0.39, 0.29) is 5.91 Å². The molecule has 0 bridgehead atoms. The highest BCUT2D eigenvalue weighted by Crippen LogP contribution is 2.25. The Hall–Kier alpha value is -2.60. The van der Waals surface area contributed by atoms with Crippen molar-refractivity contribution in [2.24, 2.45) is 0 Å². The molecule has 1 aliphatic rings. The molecule has 0 radical (unpaired) electrons. The minimum absolute atomic E-state index is 0.311. The standard InChI is InChI=1S/C19H20ClN3O3/c1-26-19(25)14-5-6-15(20)16(11-14)22-18(24)13-7-8-21-17(12-13)23-9-3-2-4-10-23/h5-8,11-12H,2-4,9-10H2,1H3,(H,22,24). The van der Waals surface area contributed by atoms with Gasteiger partial charge in [-0.05, 0) is 49.6 Å². The Morgan fingerprint density at radius 3 is 2.62 bits per heavy atom. The number of piperidine rings is 1. The molecule has 1 aliphatic heterocycles. The number of benzene rings is 1. The molecule has 1 fully saturated rings. The normalized spacial score (nSPS) is 14.0. The maximum absolute atomic E-state index is 12.6. The van der Waals surface area contributed by atoms with Crippen molar-refractivity contribution < 1.29 is 14.3 Å². The van der Waals surface area contributed by atoms with Gasteiger partial charge in [-0.15, -0.1) is 0 Å². The van der Waals surface area contributed by atoms with Gasteiger partial charge in [-0.1, -0.05) is 11.6 Å². The van der Waals surface area contributed by atoms with E-state index >= 15 is 0 Å². The fraction of sp³-hybridized carbons (Fsp3) is 0.316. The van der Waals surface area contributed by atoms with E-state index in [2.05, 4.69) is 15.2 Å². The highest BCUT2D eigenvalue weighted by Gasteiger charge is 2.16. The van der Waals surface area contributed by atoms with Crippen molar-refractivity contribution in [3.8, 4) is 0 Å². The lowest BCUT2D eigenvalue weighted by Gasteiger charge is -2.27. The Balaban J connectivity index is 1.79. The number of pyridine rings is 1. The number of nitrogens with one attached hydrogen (secondary N) is 1. The van der Waals surface area contributed by atoms with Crippen LogP contribution in [0.3, 0.4) is 0 Å². The van der Waals surface area contributed by atoms with E-state index in [0.717, 1.165) is 31.7 Å². The second-order valence-corrected chi connectivity index (χ2v) is 6.50. The summed E-state index contributed by atoms with van der Waals surface area (Å²) in [6, 6.07) is 8.03. The summed E-state index contributed by atoms with van der Waals surface area (Å²) in [7, 11) is 1.30. The molecular formula is C19H20ClN3O3. The zero-order valence-corrected chi connectivity index (χ0v) is 15.3. The van der Waals surface area contributed by atoms with Gasteiger partial charge < -0.3 is 15.0 Å². The van der Waals surface area contributed by atoms with E-state index in [1.54, 1.807) is 30.5 Å². The van der Waals surface area contributed by atoms with E-state index in [4.69, 9.17) is 16.3 Å². The van der Waals surface area contributed by atoms with Gasteiger partial charge in [0.15, 0.2) is 0 Å². The highest BCUT2D eigenvalue weighted by molar-refractivity contribution is 6.34. The molecule has 1 amide bonds. The van der Waals surface area contributed by atoms with Crippen LogP contribution in [0.2, 0.25) is 5.02 Å². The summed E-state index contributed by atoms with van der Waals surface area (Å²) in [6.07, 6.45) is 5.12. The zero-order valence-electron chi connectivity index (χ0n) is 14.5. The molecule has 1 aromatic carbocycles. The van der Waals surface area contributed by atoms with Gasteiger partial charge >= 0.3 is 5.97 Å². The van der Waals surface area contributed by atoms with Crippen LogP contribution in [-0.4, -0.2) is 37.1 Å². The fourth-order valence-electron chi connectivity index (χ4n) is 2.92. The van der Waals surface area contributed by atoms with Gasteiger partial charge in [-0.3, -0.25) is 4.79 Å². The molecule has 2 heterocycles. The van der Waals surface area contributed by atoms with Crippen molar-refractivity contribution in [1.29, 1.82) is 0 Å². The summed E-state index contributed by atoms with van der Waals surface area (Å²) >= 11 is 6.14. The van der Waals surface area contributed by atoms with Gasteiger partial charge in [-0.25, -0.2) is 9.78 Å². The van der Waals surface area contributed by atoms with Gasteiger partial charge in [0, 0.05) is 24.8 Å². The summed E-state index contributed by atoms with van der Waals surface area (Å²) in [5.74, 6) is -0.00482. The number of anilines is 2. The van der Waals surface area contributed by atoms with Crippen LogP contribution >= 0.6 is 11.6 Å². The first-order valence-electron chi connectivity index (χ1n) is 8.48. The molecular weight excluding hydrogens is 354 g/mol. The van der Waals surface area contributed by atoms with Crippen LogP contribution in [0.4, 0.5) is 11.5 Å². The van der Waals surface area contributed by atoms with Crippen molar-refractivity contribution in [3.05, 3.63) is 52.7 Å². The van der Waals surface area contributed by atoms with Crippen LogP contribution in [0.1, 0.15) is 40.0 Å². The Bertz CT molecular complexity index is 819. The minimum Gasteiger partial charge on any atom is -0.465 e. The topological polar surface area (TPSA) is 71.5 Å². The number of amides is 1. The summed E-state index contributed by atoms with van der Waals surface area (Å²) < 4.78 is 4.70. The van der Waals surface area contributed by atoms with E-state index in [0.29, 0.717) is 21.8 Å². The third-order valence-corrected chi connectivity index (χ3v) is 4.65. The van der Waals surface area contributed by atoms with Gasteiger partial charge in [0.05, 0.1) is 23.4 Å². The number of carbonyl (C=O) groups is 2. The van der Waals surface area contributed by atoms with Gasteiger partial charge in [0.1, 0.15) is 5.82 Å². The lowest BCUT2D eigenvalue weighted by molar-refractivity contribution is 0.0600. The monoisotopic (exact) mass is 373 g/mol. The molecule has 2 aromatic rings.